The van der Waals surface area contributed by atoms with Crippen LogP contribution < -0.4 is 0 Å². The minimum absolute atomic E-state index is 0.509. The van der Waals surface area contributed by atoms with E-state index in [1.165, 1.54) is 0 Å². The summed E-state index contributed by atoms with van der Waals surface area (Å²) in [6.45, 7) is 1.19. The van der Waals surface area contributed by atoms with E-state index in [1.807, 2.05) is 18.2 Å². The summed E-state index contributed by atoms with van der Waals surface area (Å²) in [7, 11) is 0. The van der Waals surface area contributed by atoms with Crippen LogP contribution in [0.25, 0.3) is 0 Å². The van der Waals surface area contributed by atoms with Crippen LogP contribution in [0.3, 0.4) is 0 Å². The van der Waals surface area contributed by atoms with Gasteiger partial charge in [-0.2, -0.15) is 5.26 Å². The van der Waals surface area contributed by atoms with E-state index < -0.39 is 5.79 Å². The van der Waals surface area contributed by atoms with Crippen molar-refractivity contribution in [3.05, 3.63) is 47.0 Å². The van der Waals surface area contributed by atoms with Crippen molar-refractivity contribution >= 4 is 0 Å². The summed E-state index contributed by atoms with van der Waals surface area (Å²) < 4.78 is 11.5. The number of rotatable bonds is 0. The number of benzene rings is 1. The summed E-state index contributed by atoms with van der Waals surface area (Å²) in [5, 5.41) is 8.83. The van der Waals surface area contributed by atoms with Crippen molar-refractivity contribution in [1.29, 1.82) is 5.26 Å². The topological polar surface area (TPSA) is 42.2 Å². The van der Waals surface area contributed by atoms with E-state index in [-0.39, 0.29) is 0 Å². The molecule has 0 aromatic heterocycles. The molecule has 2 heterocycles. The molecular weight excluding hydrogens is 202 g/mol. The first-order valence-corrected chi connectivity index (χ1v) is 5.33. The Morgan fingerprint density at radius 1 is 1.31 bits per heavy atom. The Labute approximate surface area is 93.9 Å². The molecule has 1 atom stereocenters. The van der Waals surface area contributed by atoms with Crippen molar-refractivity contribution in [3.63, 3.8) is 0 Å². The van der Waals surface area contributed by atoms with Gasteiger partial charge in [0.25, 0.3) is 0 Å². The minimum atomic E-state index is -0.693. The van der Waals surface area contributed by atoms with Gasteiger partial charge in [-0.15, -0.1) is 0 Å². The third kappa shape index (κ3) is 1.28. The van der Waals surface area contributed by atoms with Crippen LogP contribution >= 0.6 is 0 Å². The lowest BCUT2D eigenvalue weighted by Crippen LogP contribution is -2.29. The van der Waals surface area contributed by atoms with Crippen LogP contribution in [0.1, 0.15) is 23.1 Å². The number of hydrogen-bond donors (Lipinski definition) is 0. The van der Waals surface area contributed by atoms with Crippen molar-refractivity contribution in [3.8, 4) is 6.07 Å². The fourth-order valence-corrected chi connectivity index (χ4v) is 2.21. The van der Waals surface area contributed by atoms with Gasteiger partial charge >= 0.3 is 0 Å². The minimum Gasteiger partial charge on any atom is -0.342 e. The molecule has 0 amide bonds. The largest absolute Gasteiger partial charge is 0.342 e. The predicted molar refractivity (Wildman–Crippen MR) is 57.3 cm³/mol. The first-order valence-electron chi connectivity index (χ1n) is 5.33. The number of ether oxygens (including phenoxy) is 2. The number of fused-ring (bicyclic) bond motifs is 2. The van der Waals surface area contributed by atoms with Gasteiger partial charge in [-0.05, 0) is 30.2 Å². The van der Waals surface area contributed by atoms with Gasteiger partial charge in [0, 0.05) is 5.56 Å². The Balaban J connectivity index is 2.09. The van der Waals surface area contributed by atoms with Crippen molar-refractivity contribution < 1.29 is 9.47 Å². The quantitative estimate of drug-likeness (QED) is 0.620. The zero-order valence-corrected chi connectivity index (χ0v) is 8.77. The number of hydrogen-bond acceptors (Lipinski definition) is 3. The zero-order chi connectivity index (χ0) is 11.0. The van der Waals surface area contributed by atoms with Gasteiger partial charge in [0.05, 0.1) is 24.8 Å². The second-order valence-electron chi connectivity index (χ2n) is 3.98. The molecule has 3 nitrogen and oxygen atoms in total. The summed E-state index contributed by atoms with van der Waals surface area (Å²) in [6, 6.07) is 7.74. The maximum Gasteiger partial charge on any atom is 0.215 e. The van der Waals surface area contributed by atoms with E-state index in [9.17, 15) is 0 Å². The lowest BCUT2D eigenvalue weighted by Gasteiger charge is -2.28. The molecule has 1 unspecified atom stereocenters. The van der Waals surface area contributed by atoms with Crippen LogP contribution in [-0.2, 0) is 21.9 Å². The summed E-state index contributed by atoms with van der Waals surface area (Å²) in [5.74, 6) is -0.693. The summed E-state index contributed by atoms with van der Waals surface area (Å²) >= 11 is 0. The second kappa shape index (κ2) is 3.44. The Morgan fingerprint density at radius 2 is 2.25 bits per heavy atom. The first-order chi connectivity index (χ1) is 7.84. The molecule has 1 spiro atoms. The van der Waals surface area contributed by atoms with Crippen LogP contribution in [0.4, 0.5) is 0 Å². The van der Waals surface area contributed by atoms with Gasteiger partial charge < -0.3 is 9.47 Å². The molecule has 2 aliphatic rings. The SMILES string of the molecule is N#Cc1ccc2c(c1)COC21C=CCCO1. The van der Waals surface area contributed by atoms with Crippen molar-refractivity contribution in [2.24, 2.45) is 0 Å². The van der Waals surface area contributed by atoms with Gasteiger partial charge in [-0.25, -0.2) is 0 Å². The van der Waals surface area contributed by atoms with E-state index in [0.29, 0.717) is 18.8 Å². The van der Waals surface area contributed by atoms with E-state index in [2.05, 4.69) is 12.1 Å². The van der Waals surface area contributed by atoms with E-state index in [1.54, 1.807) is 6.07 Å². The van der Waals surface area contributed by atoms with Crippen LogP contribution in [0.2, 0.25) is 0 Å². The van der Waals surface area contributed by atoms with E-state index in [4.69, 9.17) is 14.7 Å². The maximum absolute atomic E-state index is 8.83. The Hall–Kier alpha value is -1.63. The molecule has 1 aromatic rings. The van der Waals surface area contributed by atoms with Crippen LogP contribution in [0.5, 0.6) is 0 Å². The average molecular weight is 213 g/mol. The number of nitriles is 1. The summed E-state index contributed by atoms with van der Waals surface area (Å²) in [6.07, 6.45) is 4.97. The smallest absolute Gasteiger partial charge is 0.215 e. The molecule has 80 valence electrons. The lowest BCUT2D eigenvalue weighted by molar-refractivity contribution is -0.208. The average Bonchev–Trinajstić information content (AvgIpc) is 2.69. The van der Waals surface area contributed by atoms with Crippen LogP contribution in [-0.4, -0.2) is 6.61 Å². The maximum atomic E-state index is 8.83. The highest BCUT2D eigenvalue weighted by Crippen LogP contribution is 2.40. The van der Waals surface area contributed by atoms with Gasteiger partial charge in [0.15, 0.2) is 0 Å². The van der Waals surface area contributed by atoms with Crippen molar-refractivity contribution in [2.75, 3.05) is 6.61 Å². The molecule has 2 aliphatic heterocycles. The lowest BCUT2D eigenvalue weighted by atomic mass is 9.98. The van der Waals surface area contributed by atoms with Crippen LogP contribution in [0.15, 0.2) is 30.4 Å². The van der Waals surface area contributed by atoms with E-state index >= 15 is 0 Å². The normalized spacial score (nSPS) is 26.7. The molecule has 0 saturated carbocycles. The summed E-state index contributed by atoms with van der Waals surface area (Å²) in [5.41, 5.74) is 2.74. The highest BCUT2D eigenvalue weighted by atomic mass is 16.7. The summed E-state index contributed by atoms with van der Waals surface area (Å²) in [4.78, 5) is 0. The van der Waals surface area contributed by atoms with Gasteiger partial charge in [-0.3, -0.25) is 0 Å². The van der Waals surface area contributed by atoms with E-state index in [0.717, 1.165) is 17.5 Å². The Bertz CT molecular complexity index is 501. The monoisotopic (exact) mass is 213 g/mol. The third-order valence-electron chi connectivity index (χ3n) is 2.99. The van der Waals surface area contributed by atoms with Crippen LogP contribution in [0, 0.1) is 11.3 Å². The van der Waals surface area contributed by atoms with Gasteiger partial charge in [0.1, 0.15) is 0 Å². The van der Waals surface area contributed by atoms with Gasteiger partial charge in [0.2, 0.25) is 5.79 Å². The molecular formula is C13H11NO2. The Kier molecular flexibility index (Phi) is 2.06. The molecule has 16 heavy (non-hydrogen) atoms. The highest BCUT2D eigenvalue weighted by molar-refractivity contribution is 5.43. The number of nitrogens with zero attached hydrogens (tertiary/aromatic N) is 1. The first kappa shape index (κ1) is 9.59. The molecule has 3 rings (SSSR count). The molecule has 3 heteroatoms. The van der Waals surface area contributed by atoms with Gasteiger partial charge in [-0.1, -0.05) is 12.1 Å². The molecule has 1 aromatic carbocycles. The molecule has 0 aliphatic carbocycles. The van der Waals surface area contributed by atoms with Crippen molar-refractivity contribution in [1.82, 2.24) is 0 Å². The molecule has 0 radical (unpaired) electrons. The van der Waals surface area contributed by atoms with Crippen molar-refractivity contribution in [2.45, 2.75) is 18.8 Å². The highest BCUT2D eigenvalue weighted by Gasteiger charge is 2.40. The second-order valence-corrected chi connectivity index (χ2v) is 3.98. The fourth-order valence-electron chi connectivity index (χ4n) is 2.21. The Morgan fingerprint density at radius 3 is 3.00 bits per heavy atom. The zero-order valence-electron chi connectivity index (χ0n) is 8.77. The third-order valence-corrected chi connectivity index (χ3v) is 2.99. The standard InChI is InChI=1S/C13H11NO2/c14-8-10-3-4-12-11(7-10)9-16-13(12)5-1-2-6-15-13/h1,3-5,7H,2,6,9H2. The molecule has 0 fully saturated rings. The molecule has 0 bridgehead atoms. The molecule has 0 saturated heterocycles. The molecule has 0 N–H and O–H groups in total. The predicted octanol–water partition coefficient (Wildman–Crippen LogP) is 2.22. The fraction of sp³-hybridized carbons (Fsp3) is 0.308.